The van der Waals surface area contributed by atoms with Gasteiger partial charge in [-0.3, -0.25) is 9.59 Å². The number of anilines is 1. The molecule has 0 radical (unpaired) electrons. The van der Waals surface area contributed by atoms with Crippen LogP contribution < -0.4 is 5.32 Å². The lowest BCUT2D eigenvalue weighted by molar-refractivity contribution is -0.124. The molecule has 18 heavy (non-hydrogen) atoms. The molecule has 0 atom stereocenters. The fraction of sp³-hybridized carbons (Fsp3) is 0.429. The van der Waals surface area contributed by atoms with Gasteiger partial charge in [-0.05, 0) is 37.8 Å². The Hall–Kier alpha value is -1.84. The minimum absolute atomic E-state index is 0.000741. The number of amides is 2. The molecular formula is C14H14N2O2. The second-order valence-corrected chi connectivity index (χ2v) is 5.44. The number of nitrogens with one attached hydrogen (secondary N) is 1. The largest absolute Gasteiger partial charge is 0.323 e. The molecule has 0 saturated carbocycles. The molecule has 4 rings (SSSR count). The Balaban J connectivity index is 1.93. The number of fused-ring (bicyclic) bond motifs is 1. The first-order valence-corrected chi connectivity index (χ1v) is 6.46. The number of carbonyl (C=O) groups is 2. The number of hydrogen-bond donors (Lipinski definition) is 1. The second-order valence-electron chi connectivity index (χ2n) is 5.44. The van der Waals surface area contributed by atoms with Gasteiger partial charge in [-0.2, -0.15) is 0 Å². The molecule has 2 amide bonds. The minimum atomic E-state index is -0.569. The van der Waals surface area contributed by atoms with Crippen molar-refractivity contribution in [3.05, 3.63) is 29.8 Å². The van der Waals surface area contributed by atoms with Crippen LogP contribution in [0.3, 0.4) is 0 Å². The average Bonchev–Trinajstić information content (AvgIpc) is 2.92. The fourth-order valence-electron chi connectivity index (χ4n) is 3.77. The van der Waals surface area contributed by atoms with Crippen LogP contribution >= 0.6 is 0 Å². The molecule has 1 aromatic rings. The summed E-state index contributed by atoms with van der Waals surface area (Å²) in [5, 5.41) is 2.94. The number of hydrogen-bond acceptors (Lipinski definition) is 2. The Morgan fingerprint density at radius 2 is 1.89 bits per heavy atom. The molecule has 4 nitrogen and oxygen atoms in total. The summed E-state index contributed by atoms with van der Waals surface area (Å²) in [6.45, 7) is 0. The van der Waals surface area contributed by atoms with E-state index in [-0.39, 0.29) is 17.9 Å². The number of carbonyl (C=O) groups excluding carboxylic acids is 2. The van der Waals surface area contributed by atoms with Crippen LogP contribution in [0.5, 0.6) is 0 Å². The van der Waals surface area contributed by atoms with E-state index in [1.54, 1.807) is 12.1 Å². The lowest BCUT2D eigenvalue weighted by atomic mass is 9.87. The molecule has 4 heteroatoms. The highest BCUT2D eigenvalue weighted by atomic mass is 16.2. The zero-order valence-electron chi connectivity index (χ0n) is 9.98. The summed E-state index contributed by atoms with van der Waals surface area (Å²) in [7, 11) is 0. The Bertz CT molecular complexity index is 559. The molecule has 2 saturated heterocycles. The lowest BCUT2D eigenvalue weighted by Crippen LogP contribution is -2.51. The number of rotatable bonds is 0. The molecule has 2 fully saturated rings. The zero-order valence-corrected chi connectivity index (χ0v) is 9.98. The average molecular weight is 242 g/mol. The predicted octanol–water partition coefficient (Wildman–Crippen LogP) is 1.78. The zero-order chi connectivity index (χ0) is 12.3. The maximum absolute atomic E-state index is 12.7. The van der Waals surface area contributed by atoms with Crippen LogP contribution in [0.4, 0.5) is 5.69 Å². The van der Waals surface area contributed by atoms with Crippen molar-refractivity contribution in [1.29, 1.82) is 0 Å². The van der Waals surface area contributed by atoms with Gasteiger partial charge in [-0.1, -0.05) is 12.1 Å². The van der Waals surface area contributed by atoms with E-state index >= 15 is 0 Å². The van der Waals surface area contributed by atoms with Gasteiger partial charge in [0.05, 0.1) is 11.3 Å². The van der Waals surface area contributed by atoms with Gasteiger partial charge in [0.1, 0.15) is 5.54 Å². The van der Waals surface area contributed by atoms with Gasteiger partial charge < -0.3 is 10.2 Å². The molecule has 3 heterocycles. The molecule has 1 N–H and O–H groups in total. The summed E-state index contributed by atoms with van der Waals surface area (Å²) in [5.41, 5.74) is 0.712. The van der Waals surface area contributed by atoms with Crippen LogP contribution in [0.15, 0.2) is 24.3 Å². The van der Waals surface area contributed by atoms with Gasteiger partial charge in [-0.25, -0.2) is 0 Å². The normalized spacial score (nSPS) is 32.9. The molecular weight excluding hydrogens is 228 g/mol. The van der Waals surface area contributed by atoms with Crippen LogP contribution in [0.2, 0.25) is 0 Å². The Kier molecular flexibility index (Phi) is 1.76. The number of benzene rings is 1. The van der Waals surface area contributed by atoms with Gasteiger partial charge in [0, 0.05) is 6.04 Å². The Morgan fingerprint density at radius 1 is 1.17 bits per heavy atom. The fourth-order valence-corrected chi connectivity index (χ4v) is 3.77. The first-order valence-electron chi connectivity index (χ1n) is 6.46. The van der Waals surface area contributed by atoms with E-state index in [9.17, 15) is 9.59 Å². The second kappa shape index (κ2) is 3.13. The van der Waals surface area contributed by atoms with E-state index in [1.165, 1.54) is 0 Å². The summed E-state index contributed by atoms with van der Waals surface area (Å²) in [6.07, 6.45) is 3.54. The number of nitrogens with zero attached hydrogens (tertiary/aromatic N) is 1. The third-order valence-electron chi connectivity index (χ3n) is 4.66. The molecule has 3 aliphatic rings. The first kappa shape index (κ1) is 10.1. The van der Waals surface area contributed by atoms with Crippen molar-refractivity contribution in [2.24, 2.45) is 0 Å². The Morgan fingerprint density at radius 3 is 2.67 bits per heavy atom. The van der Waals surface area contributed by atoms with Crippen molar-refractivity contribution in [2.75, 3.05) is 5.32 Å². The van der Waals surface area contributed by atoms with Gasteiger partial charge in [0.25, 0.3) is 5.91 Å². The van der Waals surface area contributed by atoms with Crippen LogP contribution in [-0.4, -0.2) is 28.3 Å². The Labute approximate surface area is 105 Å². The maximum atomic E-state index is 12.7. The van der Waals surface area contributed by atoms with E-state index < -0.39 is 5.54 Å². The van der Waals surface area contributed by atoms with Crippen LogP contribution in [0, 0.1) is 0 Å². The summed E-state index contributed by atoms with van der Waals surface area (Å²) in [4.78, 5) is 27.0. The summed E-state index contributed by atoms with van der Waals surface area (Å²) >= 11 is 0. The highest BCUT2D eigenvalue weighted by molar-refractivity contribution is 6.12. The van der Waals surface area contributed by atoms with E-state index in [4.69, 9.17) is 0 Å². The smallest absolute Gasteiger partial charge is 0.257 e. The molecule has 0 spiro atoms. The molecule has 0 unspecified atom stereocenters. The van der Waals surface area contributed by atoms with Crippen molar-refractivity contribution in [1.82, 2.24) is 4.90 Å². The monoisotopic (exact) mass is 242 g/mol. The predicted molar refractivity (Wildman–Crippen MR) is 66.2 cm³/mol. The minimum Gasteiger partial charge on any atom is -0.323 e. The van der Waals surface area contributed by atoms with E-state index in [2.05, 4.69) is 5.32 Å². The third-order valence-corrected chi connectivity index (χ3v) is 4.66. The third kappa shape index (κ3) is 1.01. The number of para-hydroxylation sites is 1. The van der Waals surface area contributed by atoms with Gasteiger partial charge >= 0.3 is 0 Å². The SMILES string of the molecule is O=C1c2ccccc2NC(=O)C23CCC(CC2)N13. The van der Waals surface area contributed by atoms with Crippen molar-refractivity contribution in [3.8, 4) is 0 Å². The summed E-state index contributed by atoms with van der Waals surface area (Å²) in [5.74, 6) is 0.0183. The van der Waals surface area contributed by atoms with E-state index in [0.717, 1.165) is 25.7 Å². The van der Waals surface area contributed by atoms with Gasteiger partial charge in [0.15, 0.2) is 0 Å². The summed E-state index contributed by atoms with van der Waals surface area (Å²) in [6, 6.07) is 7.55. The van der Waals surface area contributed by atoms with Gasteiger partial charge in [-0.15, -0.1) is 0 Å². The van der Waals surface area contributed by atoms with Crippen molar-refractivity contribution in [3.63, 3.8) is 0 Å². The highest BCUT2D eigenvalue weighted by Gasteiger charge is 2.59. The molecule has 92 valence electrons. The van der Waals surface area contributed by atoms with Crippen molar-refractivity contribution < 1.29 is 9.59 Å². The van der Waals surface area contributed by atoms with E-state index in [1.807, 2.05) is 17.0 Å². The lowest BCUT2D eigenvalue weighted by Gasteiger charge is -2.30. The maximum Gasteiger partial charge on any atom is 0.257 e. The van der Waals surface area contributed by atoms with Crippen LogP contribution in [-0.2, 0) is 4.79 Å². The molecule has 0 aliphatic carbocycles. The van der Waals surface area contributed by atoms with Crippen molar-refractivity contribution >= 4 is 17.5 Å². The van der Waals surface area contributed by atoms with Gasteiger partial charge in [0.2, 0.25) is 5.91 Å². The van der Waals surface area contributed by atoms with Crippen molar-refractivity contribution in [2.45, 2.75) is 37.3 Å². The molecule has 1 aromatic carbocycles. The summed E-state index contributed by atoms with van der Waals surface area (Å²) < 4.78 is 0. The highest BCUT2D eigenvalue weighted by Crippen LogP contribution is 2.49. The quantitative estimate of drug-likeness (QED) is 0.753. The van der Waals surface area contributed by atoms with Crippen LogP contribution in [0.25, 0.3) is 0 Å². The molecule has 2 bridgehead atoms. The standard InChI is InChI=1S/C14H14N2O2/c17-12-10-3-1-2-4-11(10)15-13(18)14-7-5-9(6-8-14)16(12)14/h1-4,9H,5-8H2,(H,15,18). The topological polar surface area (TPSA) is 49.4 Å². The van der Waals surface area contributed by atoms with Crippen LogP contribution in [0.1, 0.15) is 36.0 Å². The molecule has 0 aromatic heterocycles. The van der Waals surface area contributed by atoms with E-state index in [0.29, 0.717) is 11.3 Å². The first-order chi connectivity index (χ1) is 8.72. The molecule has 3 aliphatic heterocycles.